The van der Waals surface area contributed by atoms with Gasteiger partial charge < -0.3 is 15.4 Å². The number of halogens is 1. The largest absolute Gasteiger partial charge is 0.389 e. The molecule has 3 rings (SSSR count). The predicted molar refractivity (Wildman–Crippen MR) is 81.6 cm³/mol. The molecule has 0 amide bonds. The summed E-state index contributed by atoms with van der Waals surface area (Å²) in [6.07, 6.45) is 4.95. The van der Waals surface area contributed by atoms with E-state index in [0.29, 0.717) is 18.2 Å². The van der Waals surface area contributed by atoms with Crippen molar-refractivity contribution in [1.29, 1.82) is 0 Å². The first-order valence-electron chi connectivity index (χ1n) is 7.14. The summed E-state index contributed by atoms with van der Waals surface area (Å²) >= 11 is 4.85. The molecule has 2 N–H and O–H groups in total. The first-order chi connectivity index (χ1) is 9.66. The van der Waals surface area contributed by atoms with Gasteiger partial charge in [-0.3, -0.25) is 0 Å². The summed E-state index contributed by atoms with van der Waals surface area (Å²) in [4.78, 5) is 2.38. The van der Waals surface area contributed by atoms with Crippen molar-refractivity contribution in [3.05, 3.63) is 29.6 Å². The van der Waals surface area contributed by atoms with E-state index in [1.165, 1.54) is 12.8 Å². The maximum atomic E-state index is 14.1. The molecule has 5 heteroatoms. The summed E-state index contributed by atoms with van der Waals surface area (Å²) < 4.78 is 19.9. The first kappa shape index (κ1) is 13.8. The minimum Gasteiger partial charge on any atom is -0.389 e. The standard InChI is InChI=1S/C15H19FN2OS/c16-12-9-10(5-6-11(12)15(17)20)18-7-8-19-14-4-2-1-3-13(14)18/h5-6,9,13-14H,1-4,7-8H2,(H2,17,20). The summed E-state index contributed by atoms with van der Waals surface area (Å²) in [7, 11) is 0. The lowest BCUT2D eigenvalue weighted by molar-refractivity contribution is -0.00869. The van der Waals surface area contributed by atoms with Crippen molar-refractivity contribution in [2.24, 2.45) is 5.73 Å². The summed E-state index contributed by atoms with van der Waals surface area (Å²) in [5.41, 5.74) is 6.73. The van der Waals surface area contributed by atoms with E-state index in [4.69, 9.17) is 22.7 Å². The van der Waals surface area contributed by atoms with Crippen molar-refractivity contribution < 1.29 is 9.13 Å². The highest BCUT2D eigenvalue weighted by molar-refractivity contribution is 7.80. The van der Waals surface area contributed by atoms with Crippen LogP contribution in [-0.4, -0.2) is 30.3 Å². The molecule has 0 bridgehead atoms. The van der Waals surface area contributed by atoms with Crippen LogP contribution in [0.1, 0.15) is 31.2 Å². The lowest BCUT2D eigenvalue weighted by atomic mass is 9.89. The number of morpholine rings is 1. The topological polar surface area (TPSA) is 38.5 Å². The summed E-state index contributed by atoms with van der Waals surface area (Å²) in [6, 6.07) is 5.51. The number of nitrogens with zero attached hydrogens (tertiary/aromatic N) is 1. The molecule has 20 heavy (non-hydrogen) atoms. The van der Waals surface area contributed by atoms with Crippen molar-refractivity contribution >= 4 is 22.9 Å². The fourth-order valence-electron chi connectivity index (χ4n) is 3.30. The Morgan fingerprint density at radius 1 is 1.35 bits per heavy atom. The fraction of sp³-hybridized carbons (Fsp3) is 0.533. The monoisotopic (exact) mass is 294 g/mol. The molecule has 3 nitrogen and oxygen atoms in total. The maximum absolute atomic E-state index is 14.1. The predicted octanol–water partition coefficient (Wildman–Crippen LogP) is 2.61. The van der Waals surface area contributed by atoms with Crippen LogP contribution in [0.4, 0.5) is 10.1 Å². The number of hydrogen-bond donors (Lipinski definition) is 1. The van der Waals surface area contributed by atoms with E-state index in [1.54, 1.807) is 12.1 Å². The maximum Gasteiger partial charge on any atom is 0.135 e. The minimum absolute atomic E-state index is 0.103. The Balaban J connectivity index is 1.87. The highest BCUT2D eigenvalue weighted by Crippen LogP contribution is 2.32. The number of rotatable bonds is 2. The van der Waals surface area contributed by atoms with Crippen LogP contribution in [0.15, 0.2) is 18.2 Å². The van der Waals surface area contributed by atoms with Gasteiger partial charge in [-0.25, -0.2) is 4.39 Å². The van der Waals surface area contributed by atoms with Gasteiger partial charge >= 0.3 is 0 Å². The van der Waals surface area contributed by atoms with Gasteiger partial charge in [0.1, 0.15) is 10.8 Å². The number of thiocarbonyl (C=S) groups is 1. The Morgan fingerprint density at radius 3 is 2.90 bits per heavy atom. The molecule has 1 aromatic rings. The second-order valence-electron chi connectivity index (χ2n) is 5.48. The molecule has 1 heterocycles. The van der Waals surface area contributed by atoms with E-state index in [2.05, 4.69) is 4.90 Å². The zero-order chi connectivity index (χ0) is 14.1. The molecule has 2 unspecified atom stereocenters. The van der Waals surface area contributed by atoms with Gasteiger partial charge in [-0.2, -0.15) is 0 Å². The minimum atomic E-state index is -0.339. The van der Waals surface area contributed by atoms with Gasteiger partial charge in [-0.1, -0.05) is 25.1 Å². The van der Waals surface area contributed by atoms with Crippen molar-refractivity contribution in [1.82, 2.24) is 0 Å². The van der Waals surface area contributed by atoms with E-state index < -0.39 is 0 Å². The Hall–Kier alpha value is -1.20. The van der Waals surface area contributed by atoms with Crippen LogP contribution in [0.25, 0.3) is 0 Å². The van der Waals surface area contributed by atoms with Crippen LogP contribution in [0.3, 0.4) is 0 Å². The van der Waals surface area contributed by atoms with Crippen LogP contribution >= 0.6 is 12.2 Å². The second-order valence-corrected chi connectivity index (χ2v) is 5.92. The van der Waals surface area contributed by atoms with Crippen molar-refractivity contribution in [3.63, 3.8) is 0 Å². The Kier molecular flexibility index (Phi) is 3.89. The van der Waals surface area contributed by atoms with Gasteiger partial charge in [-0.05, 0) is 31.0 Å². The molecule has 0 radical (unpaired) electrons. The van der Waals surface area contributed by atoms with E-state index in [1.807, 2.05) is 6.07 Å². The highest BCUT2D eigenvalue weighted by atomic mass is 32.1. The van der Waals surface area contributed by atoms with Gasteiger partial charge in [0.2, 0.25) is 0 Å². The molecule has 1 saturated heterocycles. The van der Waals surface area contributed by atoms with E-state index in [-0.39, 0.29) is 16.9 Å². The number of fused-ring (bicyclic) bond motifs is 1. The van der Waals surface area contributed by atoms with Crippen molar-refractivity contribution in [2.75, 3.05) is 18.1 Å². The molecule has 1 aliphatic heterocycles. The number of ether oxygens (including phenoxy) is 1. The lowest BCUT2D eigenvalue weighted by Crippen LogP contribution is -2.52. The van der Waals surface area contributed by atoms with Gasteiger partial charge in [0, 0.05) is 17.8 Å². The average Bonchev–Trinajstić information content (AvgIpc) is 2.46. The molecule has 108 valence electrons. The number of hydrogen-bond acceptors (Lipinski definition) is 3. The van der Waals surface area contributed by atoms with Crippen LogP contribution < -0.4 is 10.6 Å². The lowest BCUT2D eigenvalue weighted by Gasteiger charge is -2.45. The molecule has 2 fully saturated rings. The summed E-state index contributed by atoms with van der Waals surface area (Å²) in [6.45, 7) is 1.52. The van der Waals surface area contributed by atoms with Gasteiger partial charge in [0.05, 0.1) is 18.8 Å². The smallest absolute Gasteiger partial charge is 0.135 e. The van der Waals surface area contributed by atoms with Crippen LogP contribution in [0, 0.1) is 5.82 Å². The fourth-order valence-corrected chi connectivity index (χ4v) is 3.47. The SMILES string of the molecule is NC(=S)c1ccc(N2CCOC3CCCCC32)cc1F. The average molecular weight is 294 g/mol. The quantitative estimate of drug-likeness (QED) is 0.851. The molecule has 1 aromatic carbocycles. The zero-order valence-electron chi connectivity index (χ0n) is 11.3. The van der Waals surface area contributed by atoms with Crippen LogP contribution in [-0.2, 0) is 4.74 Å². The van der Waals surface area contributed by atoms with Crippen molar-refractivity contribution in [3.8, 4) is 0 Å². The Labute approximate surface area is 123 Å². The molecule has 1 aliphatic carbocycles. The molecule has 2 atom stereocenters. The van der Waals surface area contributed by atoms with Gasteiger partial charge in [-0.15, -0.1) is 0 Å². The van der Waals surface area contributed by atoms with Gasteiger partial charge in [0.25, 0.3) is 0 Å². The summed E-state index contributed by atoms with van der Waals surface area (Å²) in [5.74, 6) is -0.339. The van der Waals surface area contributed by atoms with Crippen LogP contribution in [0.5, 0.6) is 0 Å². The third-order valence-corrected chi connectivity index (χ3v) is 4.50. The van der Waals surface area contributed by atoms with E-state index in [0.717, 1.165) is 25.1 Å². The molecule has 0 spiro atoms. The molecule has 1 saturated carbocycles. The normalized spacial score (nSPS) is 26.1. The molecule has 2 aliphatic rings. The molecule has 0 aromatic heterocycles. The van der Waals surface area contributed by atoms with Crippen LogP contribution in [0.2, 0.25) is 0 Å². The Bertz CT molecular complexity index is 521. The Morgan fingerprint density at radius 2 is 2.15 bits per heavy atom. The summed E-state index contributed by atoms with van der Waals surface area (Å²) in [5, 5.41) is 0. The van der Waals surface area contributed by atoms with Gasteiger partial charge in [0.15, 0.2) is 0 Å². The zero-order valence-corrected chi connectivity index (χ0v) is 12.2. The molecular formula is C15H19FN2OS. The second kappa shape index (κ2) is 5.66. The number of nitrogens with two attached hydrogens (primary N) is 1. The third kappa shape index (κ3) is 2.52. The van der Waals surface area contributed by atoms with E-state index in [9.17, 15) is 4.39 Å². The third-order valence-electron chi connectivity index (χ3n) is 4.28. The van der Waals surface area contributed by atoms with Crippen molar-refractivity contribution in [2.45, 2.75) is 37.8 Å². The first-order valence-corrected chi connectivity index (χ1v) is 7.55. The number of anilines is 1. The molecular weight excluding hydrogens is 275 g/mol. The van der Waals surface area contributed by atoms with E-state index >= 15 is 0 Å². The number of benzene rings is 1. The highest BCUT2D eigenvalue weighted by Gasteiger charge is 2.34.